The molecule has 1 atom stereocenters. The maximum absolute atomic E-state index is 12.5. The molecule has 2 heterocycles. The van der Waals surface area contributed by atoms with Crippen LogP contribution in [0.15, 0.2) is 28.7 Å². The summed E-state index contributed by atoms with van der Waals surface area (Å²) in [6, 6.07) is 8.00. The first-order valence-corrected chi connectivity index (χ1v) is 7.32. The molecule has 1 fully saturated rings. The van der Waals surface area contributed by atoms with Gasteiger partial charge in [0.05, 0.1) is 0 Å². The van der Waals surface area contributed by atoms with E-state index in [0.29, 0.717) is 12.3 Å². The van der Waals surface area contributed by atoms with Gasteiger partial charge in [0, 0.05) is 30.1 Å². The van der Waals surface area contributed by atoms with Crippen LogP contribution in [0.4, 0.5) is 0 Å². The zero-order valence-corrected chi connectivity index (χ0v) is 12.5. The second-order valence-electron chi connectivity index (χ2n) is 5.81. The van der Waals surface area contributed by atoms with E-state index < -0.39 is 0 Å². The second kappa shape index (κ2) is 5.87. The summed E-state index contributed by atoms with van der Waals surface area (Å²) in [5.41, 5.74) is 1.73. The SMILES string of the molecule is CN(C)Cc1c(C(=O)NC2CCNC2)oc2ccccc12. The van der Waals surface area contributed by atoms with Crippen molar-refractivity contribution in [1.82, 2.24) is 15.5 Å². The molecule has 3 rings (SSSR count). The number of para-hydroxylation sites is 1. The van der Waals surface area contributed by atoms with Crippen molar-refractivity contribution >= 4 is 16.9 Å². The lowest BCUT2D eigenvalue weighted by molar-refractivity contribution is 0.0912. The molecule has 1 amide bonds. The third kappa shape index (κ3) is 2.94. The number of rotatable bonds is 4. The molecule has 0 spiro atoms. The summed E-state index contributed by atoms with van der Waals surface area (Å²) in [4.78, 5) is 14.6. The zero-order valence-electron chi connectivity index (χ0n) is 12.5. The highest BCUT2D eigenvalue weighted by Gasteiger charge is 2.24. The molecule has 2 aromatic rings. The highest BCUT2D eigenvalue weighted by atomic mass is 16.3. The minimum atomic E-state index is -0.114. The minimum Gasteiger partial charge on any atom is -0.451 e. The number of furan rings is 1. The number of nitrogens with one attached hydrogen (secondary N) is 2. The van der Waals surface area contributed by atoms with E-state index in [4.69, 9.17) is 4.42 Å². The average molecular weight is 287 g/mol. The first-order chi connectivity index (χ1) is 10.1. The van der Waals surface area contributed by atoms with Crippen LogP contribution in [0.25, 0.3) is 11.0 Å². The molecule has 0 bridgehead atoms. The van der Waals surface area contributed by atoms with Crippen molar-refractivity contribution in [3.05, 3.63) is 35.6 Å². The van der Waals surface area contributed by atoms with Crippen molar-refractivity contribution in [3.8, 4) is 0 Å². The molecule has 1 aromatic carbocycles. The molecule has 1 aliphatic rings. The van der Waals surface area contributed by atoms with E-state index in [1.54, 1.807) is 0 Å². The van der Waals surface area contributed by atoms with E-state index in [1.807, 2.05) is 43.3 Å². The fourth-order valence-corrected chi connectivity index (χ4v) is 2.78. The summed E-state index contributed by atoms with van der Waals surface area (Å²) in [7, 11) is 3.98. The molecule has 112 valence electrons. The molecule has 2 N–H and O–H groups in total. The highest BCUT2D eigenvalue weighted by molar-refractivity contribution is 5.99. The Bertz CT molecular complexity index is 642. The Hall–Kier alpha value is -1.85. The number of carbonyl (C=O) groups is 1. The van der Waals surface area contributed by atoms with Crippen molar-refractivity contribution in [2.24, 2.45) is 0 Å². The van der Waals surface area contributed by atoms with Crippen LogP contribution in [-0.2, 0) is 6.54 Å². The Kier molecular flexibility index (Phi) is 3.94. The monoisotopic (exact) mass is 287 g/mol. The first-order valence-electron chi connectivity index (χ1n) is 7.32. The summed E-state index contributed by atoms with van der Waals surface area (Å²) in [5.74, 6) is 0.327. The second-order valence-corrected chi connectivity index (χ2v) is 5.81. The van der Waals surface area contributed by atoms with Crippen molar-refractivity contribution in [3.63, 3.8) is 0 Å². The van der Waals surface area contributed by atoms with Crippen LogP contribution in [0.2, 0.25) is 0 Å². The van der Waals surface area contributed by atoms with Gasteiger partial charge < -0.3 is 20.0 Å². The van der Waals surface area contributed by atoms with Crippen molar-refractivity contribution in [1.29, 1.82) is 0 Å². The summed E-state index contributed by atoms with van der Waals surface area (Å²) in [6.07, 6.45) is 0.967. The quantitative estimate of drug-likeness (QED) is 0.896. The Balaban J connectivity index is 1.93. The lowest BCUT2D eigenvalue weighted by Gasteiger charge is -2.12. The van der Waals surface area contributed by atoms with Crippen LogP contribution in [0.1, 0.15) is 22.5 Å². The van der Waals surface area contributed by atoms with Crippen LogP contribution in [-0.4, -0.2) is 44.0 Å². The number of carbonyl (C=O) groups excluding carboxylic acids is 1. The van der Waals surface area contributed by atoms with Gasteiger partial charge in [-0.05, 0) is 33.1 Å². The molecule has 1 unspecified atom stereocenters. The number of amides is 1. The lowest BCUT2D eigenvalue weighted by Crippen LogP contribution is -2.36. The lowest BCUT2D eigenvalue weighted by atomic mass is 10.1. The Morgan fingerprint density at radius 2 is 2.24 bits per heavy atom. The predicted molar refractivity (Wildman–Crippen MR) is 82.3 cm³/mol. The summed E-state index contributed by atoms with van der Waals surface area (Å²) in [6.45, 7) is 2.47. The fraction of sp³-hybridized carbons (Fsp3) is 0.438. The molecule has 5 heteroatoms. The number of benzene rings is 1. The molecule has 0 saturated carbocycles. The molecule has 1 aromatic heterocycles. The standard InChI is InChI=1S/C16H21N3O2/c1-19(2)10-13-12-5-3-4-6-14(12)21-15(13)16(20)18-11-7-8-17-9-11/h3-6,11,17H,7-10H2,1-2H3,(H,18,20). The van der Waals surface area contributed by atoms with E-state index in [1.165, 1.54) is 0 Å². The molecule has 5 nitrogen and oxygen atoms in total. The van der Waals surface area contributed by atoms with Gasteiger partial charge in [-0.1, -0.05) is 18.2 Å². The van der Waals surface area contributed by atoms with Crippen LogP contribution in [0.3, 0.4) is 0 Å². The molecular weight excluding hydrogens is 266 g/mol. The maximum atomic E-state index is 12.5. The van der Waals surface area contributed by atoms with E-state index in [0.717, 1.165) is 36.0 Å². The largest absolute Gasteiger partial charge is 0.451 e. The molecule has 1 aliphatic heterocycles. The predicted octanol–water partition coefficient (Wildman–Crippen LogP) is 1.59. The molecule has 0 aliphatic carbocycles. The highest BCUT2D eigenvalue weighted by Crippen LogP contribution is 2.27. The molecule has 0 radical (unpaired) electrons. The molecular formula is C16H21N3O2. The number of hydrogen-bond donors (Lipinski definition) is 2. The number of fused-ring (bicyclic) bond motifs is 1. The van der Waals surface area contributed by atoms with Crippen molar-refractivity contribution in [2.75, 3.05) is 27.2 Å². The van der Waals surface area contributed by atoms with Gasteiger partial charge >= 0.3 is 0 Å². The van der Waals surface area contributed by atoms with Crippen LogP contribution >= 0.6 is 0 Å². The first kappa shape index (κ1) is 14.1. The summed E-state index contributed by atoms with van der Waals surface area (Å²) < 4.78 is 5.81. The molecule has 1 saturated heterocycles. The normalized spacial score (nSPS) is 18.5. The average Bonchev–Trinajstić information content (AvgIpc) is 3.07. The van der Waals surface area contributed by atoms with Crippen molar-refractivity contribution in [2.45, 2.75) is 19.0 Å². The fourth-order valence-electron chi connectivity index (χ4n) is 2.78. The van der Waals surface area contributed by atoms with Gasteiger partial charge in [-0.3, -0.25) is 4.79 Å². The van der Waals surface area contributed by atoms with Gasteiger partial charge in [-0.25, -0.2) is 0 Å². The Morgan fingerprint density at radius 3 is 2.95 bits per heavy atom. The van der Waals surface area contributed by atoms with Gasteiger partial charge in [0.2, 0.25) is 0 Å². The van der Waals surface area contributed by atoms with Gasteiger partial charge in [-0.15, -0.1) is 0 Å². The van der Waals surface area contributed by atoms with Crippen molar-refractivity contribution < 1.29 is 9.21 Å². The smallest absolute Gasteiger partial charge is 0.287 e. The van der Waals surface area contributed by atoms with E-state index >= 15 is 0 Å². The number of nitrogens with zero attached hydrogens (tertiary/aromatic N) is 1. The summed E-state index contributed by atoms with van der Waals surface area (Å²) >= 11 is 0. The molecule has 21 heavy (non-hydrogen) atoms. The van der Waals surface area contributed by atoms with E-state index in [9.17, 15) is 4.79 Å². The van der Waals surface area contributed by atoms with Crippen LogP contribution in [0, 0.1) is 0 Å². The Labute approximate surface area is 124 Å². The van der Waals surface area contributed by atoms with Crippen LogP contribution < -0.4 is 10.6 Å². The van der Waals surface area contributed by atoms with Gasteiger partial charge in [0.15, 0.2) is 5.76 Å². The maximum Gasteiger partial charge on any atom is 0.287 e. The Morgan fingerprint density at radius 1 is 1.43 bits per heavy atom. The third-order valence-corrected chi connectivity index (χ3v) is 3.77. The van der Waals surface area contributed by atoms with Gasteiger partial charge in [-0.2, -0.15) is 0 Å². The summed E-state index contributed by atoms with van der Waals surface area (Å²) in [5, 5.41) is 7.32. The van der Waals surface area contributed by atoms with Gasteiger partial charge in [0.25, 0.3) is 5.91 Å². The van der Waals surface area contributed by atoms with Crippen LogP contribution in [0.5, 0.6) is 0 Å². The van der Waals surface area contributed by atoms with Gasteiger partial charge in [0.1, 0.15) is 5.58 Å². The number of hydrogen-bond acceptors (Lipinski definition) is 4. The van der Waals surface area contributed by atoms with E-state index in [2.05, 4.69) is 10.6 Å². The minimum absolute atomic E-state index is 0.114. The topological polar surface area (TPSA) is 57.5 Å². The third-order valence-electron chi connectivity index (χ3n) is 3.77. The van der Waals surface area contributed by atoms with E-state index in [-0.39, 0.29) is 11.9 Å². The zero-order chi connectivity index (χ0) is 14.8.